The molecule has 0 aliphatic carbocycles. The molecule has 39 heavy (non-hydrogen) atoms. The molecule has 0 heterocycles. The van der Waals surface area contributed by atoms with Gasteiger partial charge in [-0.05, 0) is 66.4 Å². The summed E-state index contributed by atoms with van der Waals surface area (Å²) in [7, 11) is 1.60. The van der Waals surface area contributed by atoms with E-state index < -0.39 is 5.91 Å². The quantitative estimate of drug-likeness (QED) is 0.180. The number of aryl methyl sites for hydroxylation is 1. The molecule has 4 aromatic carbocycles. The van der Waals surface area contributed by atoms with Crippen molar-refractivity contribution in [1.82, 2.24) is 0 Å². The zero-order valence-corrected chi connectivity index (χ0v) is 22.2. The fourth-order valence-electron chi connectivity index (χ4n) is 3.93. The maximum absolute atomic E-state index is 12.9. The lowest BCUT2D eigenvalue weighted by atomic mass is 10.1. The van der Waals surface area contributed by atoms with E-state index in [0.29, 0.717) is 35.1 Å². The first-order chi connectivity index (χ1) is 19.0. The Kier molecular flexibility index (Phi) is 8.99. The van der Waals surface area contributed by atoms with Gasteiger partial charge in [0.05, 0.1) is 7.11 Å². The Bertz CT molecular complexity index is 1520. The lowest BCUT2D eigenvalue weighted by Crippen LogP contribution is -2.14. The number of carbonyl (C=O) groups is 1. The summed E-state index contributed by atoms with van der Waals surface area (Å²) in [4.78, 5) is 12.9. The van der Waals surface area contributed by atoms with E-state index in [2.05, 4.69) is 5.32 Å². The second-order valence-electron chi connectivity index (χ2n) is 8.96. The van der Waals surface area contributed by atoms with Crippen LogP contribution < -0.4 is 19.5 Å². The lowest BCUT2D eigenvalue weighted by Gasteiger charge is -2.14. The van der Waals surface area contributed by atoms with Gasteiger partial charge >= 0.3 is 0 Å². The molecule has 0 atom stereocenters. The minimum absolute atomic E-state index is 0.0199. The Morgan fingerprint density at radius 3 is 2.31 bits per heavy atom. The molecule has 4 rings (SSSR count). The van der Waals surface area contributed by atoms with Crippen LogP contribution in [0.4, 0.5) is 5.69 Å². The molecule has 0 unspecified atom stereocenters. The molecule has 0 spiro atoms. The number of nitrogens with zero attached hydrogens (tertiary/aromatic N) is 1. The van der Waals surface area contributed by atoms with Crippen molar-refractivity contribution in [2.45, 2.75) is 27.1 Å². The monoisotopic (exact) mass is 518 g/mol. The average molecular weight is 519 g/mol. The summed E-state index contributed by atoms with van der Waals surface area (Å²) in [6.07, 6.45) is 1.54. The maximum Gasteiger partial charge on any atom is 0.266 e. The minimum atomic E-state index is -0.475. The molecule has 0 bridgehead atoms. The lowest BCUT2D eigenvalue weighted by molar-refractivity contribution is -0.112. The largest absolute Gasteiger partial charge is 0.493 e. The van der Waals surface area contributed by atoms with E-state index in [1.54, 1.807) is 19.2 Å². The van der Waals surface area contributed by atoms with Crippen LogP contribution in [0.3, 0.4) is 0 Å². The van der Waals surface area contributed by atoms with Gasteiger partial charge < -0.3 is 19.5 Å². The minimum Gasteiger partial charge on any atom is -0.493 e. The third-order valence-electron chi connectivity index (χ3n) is 6.30. The van der Waals surface area contributed by atoms with Gasteiger partial charge in [0.2, 0.25) is 0 Å². The van der Waals surface area contributed by atoms with Crippen LogP contribution in [0.15, 0.2) is 96.6 Å². The smallest absolute Gasteiger partial charge is 0.266 e. The van der Waals surface area contributed by atoms with Crippen molar-refractivity contribution in [2.75, 3.05) is 12.4 Å². The summed E-state index contributed by atoms with van der Waals surface area (Å²) < 4.78 is 17.6. The van der Waals surface area contributed by atoms with Crippen molar-refractivity contribution in [3.05, 3.63) is 124 Å². The Morgan fingerprint density at radius 2 is 1.54 bits per heavy atom. The average Bonchev–Trinajstić information content (AvgIpc) is 2.97. The molecular weight excluding hydrogens is 488 g/mol. The molecule has 4 aromatic rings. The van der Waals surface area contributed by atoms with E-state index in [1.807, 2.05) is 98.8 Å². The van der Waals surface area contributed by atoms with Gasteiger partial charge in [-0.25, -0.2) is 0 Å². The number of methoxy groups -OCH3 is 1. The third kappa shape index (κ3) is 7.06. The van der Waals surface area contributed by atoms with E-state index in [4.69, 9.17) is 14.2 Å². The number of para-hydroxylation sites is 1. The van der Waals surface area contributed by atoms with E-state index in [1.165, 1.54) is 6.08 Å². The fraction of sp³-hybridized carbons (Fsp3) is 0.152. The molecule has 0 radical (unpaired) electrons. The first-order valence-corrected chi connectivity index (χ1v) is 12.5. The Morgan fingerprint density at radius 1 is 0.821 bits per heavy atom. The highest BCUT2D eigenvalue weighted by Gasteiger charge is 2.13. The van der Waals surface area contributed by atoms with Crippen LogP contribution in [0.5, 0.6) is 17.2 Å². The van der Waals surface area contributed by atoms with E-state index in [9.17, 15) is 10.1 Å². The molecule has 0 saturated carbocycles. The van der Waals surface area contributed by atoms with Gasteiger partial charge in [0, 0.05) is 11.3 Å². The topological polar surface area (TPSA) is 80.6 Å². The highest BCUT2D eigenvalue weighted by Crippen LogP contribution is 2.30. The number of nitrogens with one attached hydrogen (secondary N) is 1. The van der Waals surface area contributed by atoms with Crippen molar-refractivity contribution in [2.24, 2.45) is 0 Å². The first kappa shape index (κ1) is 27.0. The molecule has 0 saturated heterocycles. The van der Waals surface area contributed by atoms with Gasteiger partial charge in [0.15, 0.2) is 11.5 Å². The number of benzene rings is 4. The first-order valence-electron chi connectivity index (χ1n) is 12.5. The Hall–Kier alpha value is -5.02. The van der Waals surface area contributed by atoms with Crippen molar-refractivity contribution >= 4 is 17.7 Å². The van der Waals surface area contributed by atoms with Gasteiger partial charge in [-0.15, -0.1) is 0 Å². The molecule has 196 valence electrons. The van der Waals surface area contributed by atoms with Crippen molar-refractivity contribution in [1.29, 1.82) is 5.26 Å². The summed E-state index contributed by atoms with van der Waals surface area (Å²) >= 11 is 0. The molecular formula is C33H30N2O4. The summed E-state index contributed by atoms with van der Waals surface area (Å²) in [5.74, 6) is 1.32. The van der Waals surface area contributed by atoms with Crippen LogP contribution in [-0.2, 0) is 18.0 Å². The number of rotatable bonds is 10. The summed E-state index contributed by atoms with van der Waals surface area (Å²) in [6.45, 7) is 4.60. The van der Waals surface area contributed by atoms with E-state index in [0.717, 1.165) is 22.3 Å². The molecule has 6 heteroatoms. The van der Waals surface area contributed by atoms with Crippen LogP contribution in [0.2, 0.25) is 0 Å². The molecule has 1 amide bonds. The van der Waals surface area contributed by atoms with Gasteiger partial charge in [-0.3, -0.25) is 4.79 Å². The highest BCUT2D eigenvalue weighted by molar-refractivity contribution is 6.10. The second-order valence-corrected chi connectivity index (χ2v) is 8.96. The van der Waals surface area contributed by atoms with E-state index in [-0.39, 0.29) is 12.2 Å². The summed E-state index contributed by atoms with van der Waals surface area (Å²) in [5, 5.41) is 12.6. The van der Waals surface area contributed by atoms with Crippen LogP contribution >= 0.6 is 0 Å². The molecule has 0 fully saturated rings. The summed E-state index contributed by atoms with van der Waals surface area (Å²) in [5.41, 5.74) is 5.24. The molecule has 1 N–H and O–H groups in total. The predicted molar refractivity (Wildman–Crippen MR) is 153 cm³/mol. The molecule has 0 aromatic heterocycles. The maximum atomic E-state index is 12.9. The van der Waals surface area contributed by atoms with E-state index >= 15 is 0 Å². The number of carbonyl (C=O) groups excluding carboxylic acids is 1. The number of hydrogen-bond donors (Lipinski definition) is 1. The van der Waals surface area contributed by atoms with Gasteiger partial charge in [-0.2, -0.15) is 5.26 Å². The van der Waals surface area contributed by atoms with Crippen molar-refractivity contribution in [3.63, 3.8) is 0 Å². The second kappa shape index (κ2) is 13.0. The SMILES string of the molecule is COc1cc(COc2ccccc2/C=C(/C#N)C(=O)Nc2cccc(C)c2C)ccc1OCc1ccccc1. The van der Waals surface area contributed by atoms with Crippen LogP contribution in [0.25, 0.3) is 6.08 Å². The molecule has 0 aliphatic heterocycles. The number of ether oxygens (including phenoxy) is 3. The Labute approximate surface area is 229 Å². The molecule has 0 aliphatic rings. The highest BCUT2D eigenvalue weighted by atomic mass is 16.5. The van der Waals surface area contributed by atoms with Crippen LogP contribution in [0, 0.1) is 25.2 Å². The zero-order valence-electron chi connectivity index (χ0n) is 22.2. The number of anilines is 1. The van der Waals surface area contributed by atoms with Crippen molar-refractivity contribution in [3.8, 4) is 23.3 Å². The van der Waals surface area contributed by atoms with Crippen LogP contribution in [0.1, 0.15) is 27.8 Å². The van der Waals surface area contributed by atoms with Gasteiger partial charge in [0.1, 0.15) is 30.6 Å². The van der Waals surface area contributed by atoms with Gasteiger partial charge in [-0.1, -0.05) is 66.7 Å². The number of hydrogen-bond acceptors (Lipinski definition) is 5. The molecule has 6 nitrogen and oxygen atoms in total. The summed E-state index contributed by atoms with van der Waals surface area (Å²) in [6, 6.07) is 30.5. The zero-order chi connectivity index (χ0) is 27.6. The Balaban J connectivity index is 1.46. The van der Waals surface area contributed by atoms with Gasteiger partial charge in [0.25, 0.3) is 5.91 Å². The standard InChI is InChI=1S/C33H30N2O4/c1-23-10-9-14-29(24(23)2)35-33(36)28(20-34)19-27-13-7-8-15-30(27)38-22-26-16-17-31(32(18-26)37-3)39-21-25-11-5-4-6-12-25/h4-19H,21-22H2,1-3H3,(H,35,36)/b28-19-. The number of nitriles is 1. The third-order valence-corrected chi connectivity index (χ3v) is 6.30. The normalized spacial score (nSPS) is 10.9. The predicted octanol–water partition coefficient (Wildman–Crippen LogP) is 7.02. The van der Waals surface area contributed by atoms with Crippen molar-refractivity contribution < 1.29 is 19.0 Å². The number of amides is 1. The fourth-order valence-corrected chi connectivity index (χ4v) is 3.93. The van der Waals surface area contributed by atoms with Crippen LogP contribution in [-0.4, -0.2) is 13.0 Å².